The molecule has 0 atom stereocenters. The lowest BCUT2D eigenvalue weighted by atomic mass is 10.1. The van der Waals surface area contributed by atoms with E-state index in [0.29, 0.717) is 22.4 Å². The quantitative estimate of drug-likeness (QED) is 0.239. The molecule has 4 rings (SSSR count). The van der Waals surface area contributed by atoms with Crippen molar-refractivity contribution in [3.05, 3.63) is 130 Å². The highest BCUT2D eigenvalue weighted by Crippen LogP contribution is 2.22. The fourth-order valence-electron chi connectivity index (χ4n) is 3.84. The van der Waals surface area contributed by atoms with Gasteiger partial charge in [0.2, 0.25) is 0 Å². The molecule has 2 amide bonds. The number of carbonyl (C=O) groups excluding carboxylic acids is 2. The molecule has 0 saturated heterocycles. The van der Waals surface area contributed by atoms with Gasteiger partial charge in [-0.15, -0.1) is 0 Å². The second kappa shape index (κ2) is 11.9. The van der Waals surface area contributed by atoms with E-state index in [2.05, 4.69) is 5.32 Å². The number of hydrogen-bond donors (Lipinski definition) is 3. The highest BCUT2D eigenvalue weighted by Gasteiger charge is 2.17. The lowest BCUT2D eigenvalue weighted by Crippen LogP contribution is -2.26. The van der Waals surface area contributed by atoms with Crippen molar-refractivity contribution in [2.24, 2.45) is 0 Å². The van der Waals surface area contributed by atoms with E-state index in [-0.39, 0.29) is 28.3 Å². The first-order valence-corrected chi connectivity index (χ1v) is 12.0. The molecule has 40 heavy (non-hydrogen) atoms. The molecule has 4 aromatic carbocycles. The summed E-state index contributed by atoms with van der Waals surface area (Å²) < 4.78 is 13.9. The predicted molar refractivity (Wildman–Crippen MR) is 149 cm³/mol. The van der Waals surface area contributed by atoms with Crippen LogP contribution in [0.15, 0.2) is 91.0 Å². The van der Waals surface area contributed by atoms with Gasteiger partial charge < -0.3 is 20.4 Å². The Morgan fingerprint density at radius 1 is 0.750 bits per heavy atom. The zero-order valence-electron chi connectivity index (χ0n) is 21.2. The lowest BCUT2D eigenvalue weighted by Gasteiger charge is -2.18. The van der Waals surface area contributed by atoms with Crippen molar-refractivity contribution in [1.29, 1.82) is 0 Å². The van der Waals surface area contributed by atoms with E-state index in [0.717, 1.165) is 0 Å². The van der Waals surface area contributed by atoms with Gasteiger partial charge in [0.25, 0.3) is 11.8 Å². The highest BCUT2D eigenvalue weighted by molar-refractivity contribution is 6.09. The summed E-state index contributed by atoms with van der Waals surface area (Å²) in [6, 6.07) is 22.3. The highest BCUT2D eigenvalue weighted by atomic mass is 19.1. The number of halogens is 1. The number of anilines is 2. The molecular weight excluding hydrogens is 515 g/mol. The topological polar surface area (TPSA) is 124 Å². The normalized spacial score (nSPS) is 10.8. The van der Waals surface area contributed by atoms with Crippen LogP contribution >= 0.6 is 0 Å². The van der Waals surface area contributed by atoms with Crippen molar-refractivity contribution in [2.45, 2.75) is 0 Å². The maximum absolute atomic E-state index is 13.9. The monoisotopic (exact) mass is 538 g/mol. The second-order valence-corrected chi connectivity index (χ2v) is 8.71. The van der Waals surface area contributed by atoms with Gasteiger partial charge in [-0.25, -0.2) is 14.0 Å². The van der Waals surface area contributed by atoms with Gasteiger partial charge in [-0.3, -0.25) is 9.59 Å². The van der Waals surface area contributed by atoms with Crippen LogP contribution in [0.3, 0.4) is 0 Å². The average molecular weight is 539 g/mol. The van der Waals surface area contributed by atoms with E-state index in [1.165, 1.54) is 65.6 Å². The summed E-state index contributed by atoms with van der Waals surface area (Å²) in [6.07, 6.45) is 3.11. The zero-order chi connectivity index (χ0) is 28.8. The van der Waals surface area contributed by atoms with Gasteiger partial charge >= 0.3 is 11.9 Å². The van der Waals surface area contributed by atoms with Gasteiger partial charge in [0.1, 0.15) is 5.82 Å². The maximum atomic E-state index is 13.9. The Morgan fingerprint density at radius 2 is 1.38 bits per heavy atom. The number of carbonyl (C=O) groups is 4. The number of nitrogens with zero attached hydrogens (tertiary/aromatic N) is 1. The standard InChI is InChI=1S/C31H23FN2O6/c1-34(29(36)22-9-11-23(12-10-22)30(37)38)24-15-13-21(14-16-24)28(35)33-27-17-7-19(18-25(27)31(39)40)6-8-20-4-2-3-5-26(20)32/h2-18H,1H3,(H,33,35)(H,37,38)(H,39,40)/b8-6+. The average Bonchev–Trinajstić information content (AvgIpc) is 2.96. The maximum Gasteiger partial charge on any atom is 0.337 e. The second-order valence-electron chi connectivity index (χ2n) is 8.71. The fourth-order valence-corrected chi connectivity index (χ4v) is 3.84. The summed E-state index contributed by atoms with van der Waals surface area (Å²) >= 11 is 0. The Labute approximate surface area is 228 Å². The predicted octanol–water partition coefficient (Wildman–Crippen LogP) is 5.92. The molecule has 0 aliphatic rings. The third-order valence-corrected chi connectivity index (χ3v) is 6.08. The summed E-state index contributed by atoms with van der Waals surface area (Å²) in [6.45, 7) is 0. The van der Waals surface area contributed by atoms with E-state index in [1.54, 1.807) is 49.5 Å². The van der Waals surface area contributed by atoms with Crippen LogP contribution in [0.2, 0.25) is 0 Å². The van der Waals surface area contributed by atoms with E-state index >= 15 is 0 Å². The molecule has 0 radical (unpaired) electrons. The fraction of sp³-hybridized carbons (Fsp3) is 0.0323. The smallest absolute Gasteiger partial charge is 0.337 e. The van der Waals surface area contributed by atoms with Crippen LogP contribution in [-0.2, 0) is 0 Å². The first kappa shape index (κ1) is 27.5. The molecule has 0 fully saturated rings. The van der Waals surface area contributed by atoms with E-state index in [9.17, 15) is 28.7 Å². The minimum Gasteiger partial charge on any atom is -0.478 e. The molecule has 3 N–H and O–H groups in total. The molecule has 0 unspecified atom stereocenters. The molecular formula is C31H23FN2O6. The summed E-state index contributed by atoms with van der Waals surface area (Å²) in [7, 11) is 1.55. The third kappa shape index (κ3) is 6.28. The van der Waals surface area contributed by atoms with Crippen LogP contribution in [-0.4, -0.2) is 41.0 Å². The minimum absolute atomic E-state index is 0.0642. The Kier molecular flexibility index (Phi) is 8.15. The van der Waals surface area contributed by atoms with Gasteiger partial charge in [0, 0.05) is 29.4 Å². The first-order chi connectivity index (χ1) is 19.1. The van der Waals surface area contributed by atoms with Gasteiger partial charge in [-0.1, -0.05) is 36.4 Å². The first-order valence-electron chi connectivity index (χ1n) is 12.0. The molecule has 0 aromatic heterocycles. The Bertz CT molecular complexity index is 1630. The lowest BCUT2D eigenvalue weighted by molar-refractivity contribution is 0.0686. The van der Waals surface area contributed by atoms with Crippen molar-refractivity contribution >= 4 is 47.3 Å². The minimum atomic E-state index is -1.25. The number of benzene rings is 4. The van der Waals surface area contributed by atoms with Gasteiger partial charge in [-0.2, -0.15) is 0 Å². The number of amides is 2. The molecule has 8 nitrogen and oxygen atoms in total. The number of hydrogen-bond acceptors (Lipinski definition) is 4. The Morgan fingerprint density at radius 3 is 2.00 bits per heavy atom. The van der Waals surface area contributed by atoms with Crippen molar-refractivity contribution in [3.63, 3.8) is 0 Å². The number of nitrogens with one attached hydrogen (secondary N) is 1. The zero-order valence-corrected chi connectivity index (χ0v) is 21.2. The van der Waals surface area contributed by atoms with E-state index in [4.69, 9.17) is 5.11 Å². The SMILES string of the molecule is CN(C(=O)c1ccc(C(=O)O)cc1)c1ccc(C(=O)Nc2ccc(/C=C/c3ccccc3F)cc2C(=O)O)cc1. The number of carboxylic acids is 2. The van der Waals surface area contributed by atoms with E-state index < -0.39 is 23.7 Å². The largest absolute Gasteiger partial charge is 0.478 e. The van der Waals surface area contributed by atoms with Crippen molar-refractivity contribution in [1.82, 2.24) is 0 Å². The van der Waals surface area contributed by atoms with Gasteiger partial charge in [-0.05, 0) is 72.3 Å². The van der Waals surface area contributed by atoms with Gasteiger partial charge in [0.15, 0.2) is 0 Å². The molecule has 0 bridgehead atoms. The van der Waals surface area contributed by atoms with E-state index in [1.807, 2.05) is 0 Å². The number of rotatable bonds is 8. The molecule has 9 heteroatoms. The molecule has 0 aliphatic heterocycles. The molecule has 200 valence electrons. The van der Waals surface area contributed by atoms with Crippen molar-refractivity contribution in [2.75, 3.05) is 17.3 Å². The molecule has 0 heterocycles. The van der Waals surface area contributed by atoms with Gasteiger partial charge in [0.05, 0.1) is 16.8 Å². The van der Waals surface area contributed by atoms with Crippen LogP contribution in [0.1, 0.15) is 52.6 Å². The number of aromatic carboxylic acids is 2. The summed E-state index contributed by atoms with van der Waals surface area (Å²) in [4.78, 5) is 49.9. The van der Waals surface area contributed by atoms with Crippen molar-refractivity contribution in [3.8, 4) is 0 Å². The van der Waals surface area contributed by atoms with Crippen LogP contribution < -0.4 is 10.2 Å². The molecule has 0 spiro atoms. The Hall–Kier alpha value is -5.57. The number of carboxylic acid groups (broad SMARTS) is 2. The van der Waals surface area contributed by atoms with Crippen LogP contribution in [0.4, 0.5) is 15.8 Å². The molecule has 4 aromatic rings. The third-order valence-electron chi connectivity index (χ3n) is 6.08. The van der Waals surface area contributed by atoms with Crippen LogP contribution in [0, 0.1) is 5.82 Å². The summed E-state index contributed by atoms with van der Waals surface area (Å²) in [5.41, 5.74) is 1.88. The molecule has 0 saturated carbocycles. The molecule has 0 aliphatic carbocycles. The Balaban J connectivity index is 1.47. The van der Waals surface area contributed by atoms with Crippen LogP contribution in [0.25, 0.3) is 12.2 Å². The van der Waals surface area contributed by atoms with Crippen molar-refractivity contribution < 1.29 is 33.8 Å². The summed E-state index contributed by atoms with van der Waals surface area (Å²) in [5.74, 6) is -3.67. The van der Waals surface area contributed by atoms with Crippen LogP contribution in [0.5, 0.6) is 0 Å². The summed E-state index contributed by atoms with van der Waals surface area (Å²) in [5, 5.41) is 21.3.